The van der Waals surface area contributed by atoms with E-state index in [0.717, 1.165) is 6.08 Å². The van der Waals surface area contributed by atoms with Crippen LogP contribution in [0.5, 0.6) is 5.75 Å². The van der Waals surface area contributed by atoms with Gasteiger partial charge in [-0.15, -0.1) is 0 Å². The molecule has 1 unspecified atom stereocenters. The molecule has 1 atom stereocenters. The molecule has 0 aliphatic rings. The first-order valence-electron chi connectivity index (χ1n) is 9.45. The van der Waals surface area contributed by atoms with Crippen LogP contribution >= 0.6 is 23.2 Å². The number of hydrogen-bond donors (Lipinski definition) is 2. The van der Waals surface area contributed by atoms with Gasteiger partial charge in [-0.3, -0.25) is 4.79 Å². The van der Waals surface area contributed by atoms with E-state index in [1.165, 1.54) is 6.07 Å². The lowest BCUT2D eigenvalue weighted by molar-refractivity contribution is -0.143. The van der Waals surface area contributed by atoms with Crippen molar-refractivity contribution in [2.45, 2.75) is 32.8 Å². The fraction of sp³-hybridized carbons (Fsp3) is 0.381. The Labute approximate surface area is 196 Å². The predicted molar refractivity (Wildman–Crippen MR) is 117 cm³/mol. The second-order valence-corrected chi connectivity index (χ2v) is 6.70. The van der Waals surface area contributed by atoms with Crippen molar-refractivity contribution in [1.29, 1.82) is 0 Å². The molecule has 0 spiro atoms. The van der Waals surface area contributed by atoms with Gasteiger partial charge in [-0.1, -0.05) is 43.6 Å². The van der Waals surface area contributed by atoms with Crippen LogP contribution in [0.4, 0.5) is 0 Å². The molecule has 1 rings (SSSR count). The fourth-order valence-corrected chi connectivity index (χ4v) is 2.05. The van der Waals surface area contributed by atoms with E-state index in [9.17, 15) is 19.5 Å². The molecular formula is C21H26Cl2O9. The summed E-state index contributed by atoms with van der Waals surface area (Å²) in [5.41, 5.74) is 0. The Kier molecular flexibility index (Phi) is 15.4. The molecule has 0 saturated carbocycles. The van der Waals surface area contributed by atoms with Crippen molar-refractivity contribution in [2.24, 2.45) is 0 Å². The van der Waals surface area contributed by atoms with Gasteiger partial charge in [-0.25, -0.2) is 9.59 Å². The third-order valence-corrected chi connectivity index (χ3v) is 3.68. The first kappa shape index (κ1) is 29.2. The van der Waals surface area contributed by atoms with E-state index in [0.29, 0.717) is 28.5 Å². The van der Waals surface area contributed by atoms with E-state index in [1.54, 1.807) is 19.1 Å². The monoisotopic (exact) mass is 492 g/mol. The Morgan fingerprint density at radius 1 is 1.16 bits per heavy atom. The van der Waals surface area contributed by atoms with Gasteiger partial charge in [0.1, 0.15) is 31.3 Å². The highest BCUT2D eigenvalue weighted by Crippen LogP contribution is 2.27. The van der Waals surface area contributed by atoms with Crippen molar-refractivity contribution in [3.63, 3.8) is 0 Å². The van der Waals surface area contributed by atoms with Crippen molar-refractivity contribution in [3.05, 3.63) is 52.9 Å². The highest BCUT2D eigenvalue weighted by atomic mass is 35.5. The first-order chi connectivity index (χ1) is 15.1. The number of carbonyl (C=O) groups excluding carboxylic acids is 3. The summed E-state index contributed by atoms with van der Waals surface area (Å²) < 4.78 is 18.9. The fourth-order valence-electron chi connectivity index (χ4n) is 1.59. The highest BCUT2D eigenvalue weighted by molar-refractivity contribution is 6.35. The molecule has 9 nitrogen and oxygen atoms in total. The molecule has 0 fully saturated rings. The summed E-state index contributed by atoms with van der Waals surface area (Å²) in [6, 6.07) is 4.74. The molecule has 0 heterocycles. The SMILES string of the molecule is C=CC(=O)OCC(O)COc1ccc(Cl)cc1Cl.CCCOC(=O)C(O)=COC(=O)CC. The van der Waals surface area contributed by atoms with Crippen LogP contribution in [-0.4, -0.2) is 54.0 Å². The number of hydrogen-bond acceptors (Lipinski definition) is 9. The molecule has 2 N–H and O–H groups in total. The van der Waals surface area contributed by atoms with Crippen molar-refractivity contribution < 1.29 is 43.5 Å². The summed E-state index contributed by atoms with van der Waals surface area (Å²) in [5.74, 6) is -2.33. The zero-order valence-electron chi connectivity index (χ0n) is 17.7. The number of rotatable bonds is 11. The molecule has 0 amide bonds. The second-order valence-electron chi connectivity index (χ2n) is 5.86. The minimum atomic E-state index is -0.944. The lowest BCUT2D eigenvalue weighted by Gasteiger charge is -2.13. The normalized spacial score (nSPS) is 11.3. The third kappa shape index (κ3) is 13.5. The van der Waals surface area contributed by atoms with Gasteiger partial charge in [-0.2, -0.15) is 0 Å². The third-order valence-electron chi connectivity index (χ3n) is 3.15. The van der Waals surface area contributed by atoms with E-state index < -0.39 is 29.8 Å². The minimum absolute atomic E-state index is 0.0498. The predicted octanol–water partition coefficient (Wildman–Crippen LogP) is 3.75. The number of ether oxygens (including phenoxy) is 4. The second kappa shape index (κ2) is 16.9. The van der Waals surface area contributed by atoms with Crippen LogP contribution in [-0.2, 0) is 28.6 Å². The van der Waals surface area contributed by atoms with Crippen LogP contribution in [0.15, 0.2) is 42.9 Å². The maximum Gasteiger partial charge on any atom is 0.376 e. The summed E-state index contributed by atoms with van der Waals surface area (Å²) in [4.78, 5) is 32.2. The van der Waals surface area contributed by atoms with Crippen LogP contribution in [0, 0.1) is 0 Å². The maximum atomic E-state index is 10.9. The van der Waals surface area contributed by atoms with Gasteiger partial charge < -0.3 is 29.2 Å². The number of benzene rings is 1. The quantitative estimate of drug-likeness (QED) is 0.205. The van der Waals surface area contributed by atoms with Crippen LogP contribution in [0.2, 0.25) is 10.0 Å². The summed E-state index contributed by atoms with van der Waals surface area (Å²) in [6.07, 6.45) is 1.59. The topological polar surface area (TPSA) is 129 Å². The number of carbonyl (C=O) groups is 3. The van der Waals surface area contributed by atoms with Gasteiger partial charge >= 0.3 is 17.9 Å². The van der Waals surface area contributed by atoms with Crippen LogP contribution < -0.4 is 4.74 Å². The number of aliphatic hydroxyl groups is 2. The zero-order valence-corrected chi connectivity index (χ0v) is 19.2. The largest absolute Gasteiger partial charge is 0.500 e. The van der Waals surface area contributed by atoms with E-state index in [1.807, 2.05) is 6.92 Å². The molecule has 0 aliphatic heterocycles. The molecular weight excluding hydrogens is 467 g/mol. The average molecular weight is 493 g/mol. The molecule has 0 aliphatic carbocycles. The lowest BCUT2D eigenvalue weighted by atomic mass is 10.3. The minimum Gasteiger partial charge on any atom is -0.500 e. The van der Waals surface area contributed by atoms with Crippen LogP contribution in [0.25, 0.3) is 0 Å². The van der Waals surface area contributed by atoms with Crippen molar-refractivity contribution in [3.8, 4) is 5.75 Å². The molecule has 0 aromatic heterocycles. The molecule has 178 valence electrons. The molecule has 1 aromatic rings. The van der Waals surface area contributed by atoms with Crippen molar-refractivity contribution in [2.75, 3.05) is 19.8 Å². The number of halogens is 2. The van der Waals surface area contributed by atoms with Crippen molar-refractivity contribution >= 4 is 41.1 Å². The van der Waals surface area contributed by atoms with E-state index in [2.05, 4.69) is 20.8 Å². The zero-order chi connectivity index (χ0) is 24.5. The van der Waals surface area contributed by atoms with Gasteiger partial charge in [0.05, 0.1) is 11.6 Å². The van der Waals surface area contributed by atoms with E-state index in [4.69, 9.17) is 33.0 Å². The molecule has 0 radical (unpaired) electrons. The van der Waals surface area contributed by atoms with Gasteiger partial charge in [0.25, 0.3) is 0 Å². The highest BCUT2D eigenvalue weighted by Gasteiger charge is 2.10. The Morgan fingerprint density at radius 3 is 2.41 bits per heavy atom. The van der Waals surface area contributed by atoms with Gasteiger partial charge in [0.2, 0.25) is 5.76 Å². The van der Waals surface area contributed by atoms with E-state index >= 15 is 0 Å². The Bertz CT molecular complexity index is 793. The van der Waals surface area contributed by atoms with Crippen LogP contribution in [0.3, 0.4) is 0 Å². The first-order valence-corrected chi connectivity index (χ1v) is 10.2. The van der Waals surface area contributed by atoms with Gasteiger partial charge in [0, 0.05) is 17.5 Å². The average Bonchev–Trinajstić information content (AvgIpc) is 2.78. The summed E-state index contributed by atoms with van der Waals surface area (Å²) in [6.45, 7) is 6.66. The van der Waals surface area contributed by atoms with Crippen molar-refractivity contribution in [1.82, 2.24) is 0 Å². The molecule has 11 heteroatoms. The summed E-state index contributed by atoms with van der Waals surface area (Å²) >= 11 is 11.6. The van der Waals surface area contributed by atoms with E-state index in [-0.39, 0.29) is 26.2 Å². The standard InChI is InChI=1S/C12H12Cl2O4.C9H14O5/c1-2-12(16)18-7-9(15)6-17-11-4-3-8(13)5-10(11)14;1-3-5-13-9(12)7(10)6-14-8(11)4-2/h2-5,9,15H,1,6-7H2;6,10H,3-5H2,1-2H3. The molecule has 0 bridgehead atoms. The number of aliphatic hydroxyl groups excluding tert-OH is 2. The van der Waals surface area contributed by atoms with Crippen LogP contribution in [0.1, 0.15) is 26.7 Å². The molecule has 0 saturated heterocycles. The van der Waals surface area contributed by atoms with Gasteiger partial charge in [-0.05, 0) is 24.6 Å². The Balaban J connectivity index is 0.000000622. The molecule has 1 aromatic carbocycles. The maximum absolute atomic E-state index is 10.9. The van der Waals surface area contributed by atoms with Gasteiger partial charge in [0.15, 0.2) is 0 Å². The Hall–Kier alpha value is -2.75. The lowest BCUT2D eigenvalue weighted by Crippen LogP contribution is -2.24. The summed E-state index contributed by atoms with van der Waals surface area (Å²) in [7, 11) is 0. The number of esters is 3. The smallest absolute Gasteiger partial charge is 0.376 e. The molecule has 32 heavy (non-hydrogen) atoms. The Morgan fingerprint density at radius 2 is 1.84 bits per heavy atom. The summed E-state index contributed by atoms with van der Waals surface area (Å²) in [5, 5.41) is 19.3.